The van der Waals surface area contributed by atoms with E-state index in [1.54, 1.807) is 45.0 Å². The Kier molecular flexibility index (Phi) is 5.67. The summed E-state index contributed by atoms with van der Waals surface area (Å²) in [5.41, 5.74) is -0.322. The average molecular weight is 476 g/mol. The third-order valence-corrected chi connectivity index (χ3v) is 6.69. The van der Waals surface area contributed by atoms with Gasteiger partial charge in [0.15, 0.2) is 0 Å². The minimum Gasteiger partial charge on any atom is -0.480 e. The molecule has 2 N–H and O–H groups in total. The number of fused-ring (bicyclic) bond motifs is 1. The molecule has 4 atom stereocenters. The van der Waals surface area contributed by atoms with Gasteiger partial charge in [0.1, 0.15) is 11.3 Å². The van der Waals surface area contributed by atoms with Crippen LogP contribution in [0.5, 0.6) is 5.75 Å². The highest BCUT2D eigenvalue weighted by Gasteiger charge is 2.69. The number of alkyl halides is 3. The van der Waals surface area contributed by atoms with E-state index in [0.29, 0.717) is 16.8 Å². The fourth-order valence-electron chi connectivity index (χ4n) is 5.13. The first kappa shape index (κ1) is 23.7. The van der Waals surface area contributed by atoms with Crippen molar-refractivity contribution >= 4 is 23.5 Å². The third-order valence-electron chi connectivity index (χ3n) is 6.69. The lowest BCUT2D eigenvalue weighted by molar-refractivity contribution is -0.274. The molecule has 10 heteroatoms. The van der Waals surface area contributed by atoms with Gasteiger partial charge in [-0.1, -0.05) is 44.2 Å². The Bertz CT molecular complexity index is 1150. The van der Waals surface area contributed by atoms with Gasteiger partial charge in [-0.3, -0.25) is 19.7 Å². The molecular formula is C24H23F3N2O5. The van der Waals surface area contributed by atoms with Crippen molar-refractivity contribution in [2.24, 2.45) is 17.8 Å². The first-order chi connectivity index (χ1) is 15.9. The van der Waals surface area contributed by atoms with Crippen molar-refractivity contribution in [3.05, 3.63) is 59.7 Å². The summed E-state index contributed by atoms with van der Waals surface area (Å²) < 4.78 is 41.5. The Morgan fingerprint density at radius 1 is 1.09 bits per heavy atom. The predicted molar refractivity (Wildman–Crippen MR) is 115 cm³/mol. The summed E-state index contributed by atoms with van der Waals surface area (Å²) in [6.07, 6.45) is -4.86. The number of benzene rings is 2. The van der Waals surface area contributed by atoms with Crippen LogP contribution in [0.2, 0.25) is 0 Å². The van der Waals surface area contributed by atoms with Crippen LogP contribution in [-0.4, -0.2) is 34.8 Å². The largest absolute Gasteiger partial charge is 0.573 e. The molecule has 2 heterocycles. The molecule has 2 aromatic carbocycles. The van der Waals surface area contributed by atoms with E-state index >= 15 is 0 Å². The van der Waals surface area contributed by atoms with Gasteiger partial charge >= 0.3 is 12.3 Å². The highest BCUT2D eigenvalue weighted by atomic mass is 19.4. The Balaban J connectivity index is 1.81. The normalized spacial score (nSPS) is 26.8. The molecular weight excluding hydrogens is 453 g/mol. The van der Waals surface area contributed by atoms with E-state index in [1.807, 2.05) is 0 Å². The second kappa shape index (κ2) is 8.12. The van der Waals surface area contributed by atoms with E-state index in [-0.39, 0.29) is 0 Å². The van der Waals surface area contributed by atoms with Crippen LogP contribution in [0.1, 0.15) is 31.0 Å². The van der Waals surface area contributed by atoms with Crippen LogP contribution >= 0.6 is 0 Å². The lowest BCUT2D eigenvalue weighted by Gasteiger charge is -2.34. The molecule has 2 amide bonds. The van der Waals surface area contributed by atoms with Gasteiger partial charge in [0.2, 0.25) is 11.8 Å². The SMILES string of the molecule is Cc1ccccc1N1C(=O)C2C(c3ccc(OC(F)(F)F)cc3)NC(C(=O)O)(C(C)C)C2C1=O. The van der Waals surface area contributed by atoms with Crippen LogP contribution in [0, 0.1) is 24.7 Å². The Morgan fingerprint density at radius 2 is 1.71 bits per heavy atom. The van der Waals surface area contributed by atoms with Crippen LogP contribution in [0.3, 0.4) is 0 Å². The molecule has 0 spiro atoms. The molecule has 2 aromatic rings. The molecule has 2 saturated heterocycles. The minimum atomic E-state index is -4.86. The molecule has 0 aliphatic carbocycles. The third kappa shape index (κ3) is 3.62. The fraction of sp³-hybridized carbons (Fsp3) is 0.375. The number of ether oxygens (including phenoxy) is 1. The van der Waals surface area contributed by atoms with E-state index in [2.05, 4.69) is 10.1 Å². The van der Waals surface area contributed by atoms with Gasteiger partial charge in [-0.05, 0) is 42.2 Å². The van der Waals surface area contributed by atoms with Crippen molar-refractivity contribution in [3.8, 4) is 5.75 Å². The monoisotopic (exact) mass is 476 g/mol. The summed E-state index contributed by atoms with van der Waals surface area (Å²) in [6.45, 7) is 5.04. The summed E-state index contributed by atoms with van der Waals surface area (Å²) in [5.74, 6) is -5.73. The zero-order valence-corrected chi connectivity index (χ0v) is 18.6. The fourth-order valence-corrected chi connectivity index (χ4v) is 5.13. The summed E-state index contributed by atoms with van der Waals surface area (Å²) in [7, 11) is 0. The van der Waals surface area contributed by atoms with Gasteiger partial charge in [0.05, 0.1) is 17.5 Å². The molecule has 34 heavy (non-hydrogen) atoms. The quantitative estimate of drug-likeness (QED) is 0.637. The number of imide groups is 1. The lowest BCUT2D eigenvalue weighted by Crippen LogP contribution is -2.59. The summed E-state index contributed by atoms with van der Waals surface area (Å²) in [5, 5.41) is 13.2. The number of carbonyl (C=O) groups excluding carboxylic acids is 2. The molecule has 180 valence electrons. The number of carboxylic acid groups (broad SMARTS) is 1. The van der Waals surface area contributed by atoms with Crippen molar-refractivity contribution in [1.29, 1.82) is 0 Å². The van der Waals surface area contributed by atoms with E-state index in [4.69, 9.17) is 0 Å². The average Bonchev–Trinajstić information content (AvgIpc) is 3.23. The van der Waals surface area contributed by atoms with Crippen molar-refractivity contribution < 1.29 is 37.4 Å². The maximum absolute atomic E-state index is 13.6. The van der Waals surface area contributed by atoms with Crippen molar-refractivity contribution in [1.82, 2.24) is 5.32 Å². The molecule has 0 radical (unpaired) electrons. The van der Waals surface area contributed by atoms with Crippen LogP contribution in [0.4, 0.5) is 18.9 Å². The van der Waals surface area contributed by atoms with E-state index in [0.717, 1.165) is 17.0 Å². The second-order valence-electron chi connectivity index (χ2n) is 8.87. The number of hydrogen-bond acceptors (Lipinski definition) is 5. The number of anilines is 1. The van der Waals surface area contributed by atoms with Crippen LogP contribution < -0.4 is 15.0 Å². The molecule has 2 aliphatic heterocycles. The highest BCUT2D eigenvalue weighted by Crippen LogP contribution is 2.52. The van der Waals surface area contributed by atoms with Gasteiger partial charge in [0, 0.05) is 6.04 Å². The van der Waals surface area contributed by atoms with Crippen LogP contribution in [0.15, 0.2) is 48.5 Å². The second-order valence-corrected chi connectivity index (χ2v) is 8.87. The molecule has 0 aromatic heterocycles. The first-order valence-electron chi connectivity index (χ1n) is 10.7. The van der Waals surface area contributed by atoms with Gasteiger partial charge in [-0.15, -0.1) is 13.2 Å². The molecule has 0 bridgehead atoms. The molecule has 7 nitrogen and oxygen atoms in total. The van der Waals surface area contributed by atoms with E-state index in [9.17, 15) is 32.7 Å². The topological polar surface area (TPSA) is 95.9 Å². The Morgan fingerprint density at radius 3 is 2.24 bits per heavy atom. The number of nitrogens with zero attached hydrogens (tertiary/aromatic N) is 1. The number of para-hydroxylation sites is 1. The molecule has 0 saturated carbocycles. The number of carbonyl (C=O) groups is 3. The van der Waals surface area contributed by atoms with Crippen molar-refractivity contribution in [2.75, 3.05) is 4.90 Å². The maximum Gasteiger partial charge on any atom is 0.573 e. The summed E-state index contributed by atoms with van der Waals surface area (Å²) in [4.78, 5) is 40.8. The summed E-state index contributed by atoms with van der Waals surface area (Å²) >= 11 is 0. The van der Waals surface area contributed by atoms with Crippen molar-refractivity contribution in [3.63, 3.8) is 0 Å². The highest BCUT2D eigenvalue weighted by molar-refractivity contribution is 6.24. The van der Waals surface area contributed by atoms with Crippen LogP contribution in [0.25, 0.3) is 0 Å². The number of hydrogen-bond donors (Lipinski definition) is 2. The number of amides is 2. The first-order valence-corrected chi connectivity index (χ1v) is 10.7. The zero-order valence-electron chi connectivity index (χ0n) is 18.6. The Labute approximate surface area is 193 Å². The number of nitrogens with one attached hydrogen (secondary N) is 1. The number of rotatable bonds is 5. The zero-order chi connectivity index (χ0) is 25.0. The smallest absolute Gasteiger partial charge is 0.480 e. The predicted octanol–water partition coefficient (Wildman–Crippen LogP) is 3.82. The minimum absolute atomic E-state index is 0.376. The number of carboxylic acids is 1. The molecule has 4 unspecified atom stereocenters. The van der Waals surface area contributed by atoms with Gasteiger partial charge < -0.3 is 9.84 Å². The standard InChI is InChI=1S/C24H23F3N2O5/c1-12(2)23(22(32)33)18-17(20(30)29(21(18)31)16-7-5-4-6-13(16)3)19(28-23)14-8-10-15(11-9-14)34-24(25,26)27/h4-12,17-19,28H,1-3H3,(H,32,33). The van der Waals surface area contributed by atoms with E-state index in [1.165, 1.54) is 12.1 Å². The number of aryl methyl sites for hydroxylation is 1. The van der Waals surface area contributed by atoms with Crippen molar-refractivity contribution in [2.45, 2.75) is 38.7 Å². The van der Waals surface area contributed by atoms with Gasteiger partial charge in [-0.2, -0.15) is 0 Å². The van der Waals surface area contributed by atoms with E-state index < -0.39 is 59.2 Å². The number of aliphatic carboxylic acids is 1. The maximum atomic E-state index is 13.6. The number of halogens is 3. The molecule has 4 rings (SSSR count). The van der Waals surface area contributed by atoms with Gasteiger partial charge in [-0.25, -0.2) is 4.90 Å². The Hall–Kier alpha value is -3.40. The van der Waals surface area contributed by atoms with Gasteiger partial charge in [0.25, 0.3) is 0 Å². The lowest BCUT2D eigenvalue weighted by atomic mass is 9.73. The van der Waals surface area contributed by atoms with Crippen LogP contribution in [-0.2, 0) is 14.4 Å². The molecule has 2 fully saturated rings. The summed E-state index contributed by atoms with van der Waals surface area (Å²) in [6, 6.07) is 10.8. The molecule has 2 aliphatic rings.